The van der Waals surface area contributed by atoms with Crippen molar-refractivity contribution in [2.45, 2.75) is 25.3 Å². The lowest BCUT2D eigenvalue weighted by atomic mass is 10.2. The molecule has 5 nitrogen and oxygen atoms in total. The van der Waals surface area contributed by atoms with Crippen LogP contribution in [0, 0.1) is 0 Å². The number of fused-ring (bicyclic) bond motifs is 1. The normalized spacial score (nSPS) is 17.4. The van der Waals surface area contributed by atoms with Crippen LogP contribution in [0.15, 0.2) is 22.7 Å². The minimum absolute atomic E-state index is 0.0145. The molecule has 0 saturated carbocycles. The van der Waals surface area contributed by atoms with Crippen LogP contribution >= 0.6 is 39.1 Å². The quantitative estimate of drug-likeness (QED) is 0.646. The fourth-order valence-corrected chi connectivity index (χ4v) is 3.90. The van der Waals surface area contributed by atoms with Crippen molar-refractivity contribution in [3.8, 4) is 0 Å². The van der Waals surface area contributed by atoms with E-state index in [4.69, 9.17) is 38.0 Å². The molecular formula is C17H17BrCl2N2O3. The Morgan fingerprint density at radius 1 is 1.44 bits per heavy atom. The zero-order chi connectivity index (χ0) is 18.0. The summed E-state index contributed by atoms with van der Waals surface area (Å²) < 4.78 is 6.44. The number of pyridine rings is 1. The Bertz CT molecular complexity index is 803. The lowest BCUT2D eigenvalue weighted by Crippen LogP contribution is -2.34. The van der Waals surface area contributed by atoms with Crippen LogP contribution < -0.4 is 4.90 Å². The van der Waals surface area contributed by atoms with E-state index in [-0.39, 0.29) is 19.1 Å². The molecule has 2 heterocycles. The van der Waals surface area contributed by atoms with Gasteiger partial charge in [-0.2, -0.15) is 0 Å². The Morgan fingerprint density at radius 2 is 2.24 bits per heavy atom. The van der Waals surface area contributed by atoms with E-state index in [1.54, 1.807) is 6.07 Å². The summed E-state index contributed by atoms with van der Waals surface area (Å²) in [7, 11) is 0. The van der Waals surface area contributed by atoms with Crippen molar-refractivity contribution in [2.24, 2.45) is 0 Å². The van der Waals surface area contributed by atoms with E-state index in [2.05, 4.69) is 20.8 Å². The summed E-state index contributed by atoms with van der Waals surface area (Å²) in [5.41, 5.74) is 0.663. The number of hydrogen-bond acceptors (Lipinski definition) is 4. The number of carbonyl (C=O) groups is 1. The van der Waals surface area contributed by atoms with E-state index in [0.717, 1.165) is 35.1 Å². The highest BCUT2D eigenvalue weighted by atomic mass is 79.9. The van der Waals surface area contributed by atoms with Crippen LogP contribution in [0.4, 0.5) is 5.82 Å². The van der Waals surface area contributed by atoms with Crippen molar-refractivity contribution in [3.63, 3.8) is 0 Å². The van der Waals surface area contributed by atoms with Gasteiger partial charge in [0.25, 0.3) is 0 Å². The summed E-state index contributed by atoms with van der Waals surface area (Å²) in [4.78, 5) is 17.5. The monoisotopic (exact) mass is 446 g/mol. The molecule has 3 rings (SSSR count). The largest absolute Gasteiger partial charge is 0.481 e. The van der Waals surface area contributed by atoms with Gasteiger partial charge in [-0.1, -0.05) is 29.3 Å². The SMILES string of the molecule is O=C(O)CCOC[C@@H]1CCCN1c1cc(Br)c2ccc(Cl)c(Cl)c2n1. The highest BCUT2D eigenvalue weighted by Gasteiger charge is 2.27. The molecule has 134 valence electrons. The van der Waals surface area contributed by atoms with Crippen molar-refractivity contribution < 1.29 is 14.6 Å². The van der Waals surface area contributed by atoms with Gasteiger partial charge in [-0.3, -0.25) is 4.79 Å². The van der Waals surface area contributed by atoms with E-state index in [9.17, 15) is 4.79 Å². The molecule has 1 aliphatic rings. The third-order valence-corrected chi connectivity index (χ3v) is 5.70. The number of halogens is 3. The number of carboxylic acids is 1. The molecule has 1 atom stereocenters. The number of aliphatic carboxylic acids is 1. The molecule has 1 fully saturated rings. The molecule has 1 aliphatic heterocycles. The van der Waals surface area contributed by atoms with E-state index >= 15 is 0 Å². The molecular weight excluding hydrogens is 431 g/mol. The van der Waals surface area contributed by atoms with Gasteiger partial charge < -0.3 is 14.7 Å². The smallest absolute Gasteiger partial charge is 0.305 e. The topological polar surface area (TPSA) is 62.7 Å². The highest BCUT2D eigenvalue weighted by Crippen LogP contribution is 2.36. The zero-order valence-corrected chi connectivity index (χ0v) is 16.4. The van der Waals surface area contributed by atoms with Gasteiger partial charge in [-0.15, -0.1) is 0 Å². The Balaban J connectivity index is 1.82. The number of rotatable bonds is 6. The minimum Gasteiger partial charge on any atom is -0.481 e. The van der Waals surface area contributed by atoms with Gasteiger partial charge in [0.15, 0.2) is 0 Å². The third-order valence-electron chi connectivity index (χ3n) is 4.25. The third kappa shape index (κ3) is 4.19. The lowest BCUT2D eigenvalue weighted by molar-refractivity contribution is -0.138. The van der Waals surface area contributed by atoms with Crippen molar-refractivity contribution in [3.05, 3.63) is 32.7 Å². The van der Waals surface area contributed by atoms with Gasteiger partial charge in [0.1, 0.15) is 5.82 Å². The molecule has 25 heavy (non-hydrogen) atoms. The molecule has 1 aromatic heterocycles. The van der Waals surface area contributed by atoms with E-state index in [1.807, 2.05) is 12.1 Å². The number of hydrogen-bond donors (Lipinski definition) is 1. The molecule has 8 heteroatoms. The van der Waals surface area contributed by atoms with Gasteiger partial charge in [-0.05, 0) is 40.9 Å². The van der Waals surface area contributed by atoms with Crippen molar-refractivity contribution >= 4 is 61.8 Å². The minimum atomic E-state index is -0.852. The van der Waals surface area contributed by atoms with Crippen molar-refractivity contribution in [1.82, 2.24) is 4.98 Å². The number of ether oxygens (including phenoxy) is 1. The molecule has 0 unspecified atom stereocenters. The standard InChI is InChI=1S/C17H17BrCl2N2O3/c18-12-8-14(21-17-11(12)3-4-13(19)16(17)20)22-6-1-2-10(22)9-25-7-5-15(23)24/h3-4,8,10H,1-2,5-7,9H2,(H,23,24)/t10-/m0/s1. The summed E-state index contributed by atoms with van der Waals surface area (Å²) in [5.74, 6) is -0.0391. The first-order chi connectivity index (χ1) is 12.0. The highest BCUT2D eigenvalue weighted by molar-refractivity contribution is 9.10. The molecule has 0 spiro atoms. The number of nitrogens with zero attached hydrogens (tertiary/aromatic N) is 2. The fourth-order valence-electron chi connectivity index (χ4n) is 3.02. The van der Waals surface area contributed by atoms with Gasteiger partial charge in [0.2, 0.25) is 0 Å². The van der Waals surface area contributed by atoms with E-state index < -0.39 is 5.97 Å². The summed E-state index contributed by atoms with van der Waals surface area (Å²) in [6.07, 6.45) is 2.03. The molecule has 0 radical (unpaired) electrons. The van der Waals surface area contributed by atoms with Gasteiger partial charge in [0.05, 0.1) is 41.2 Å². The predicted octanol–water partition coefficient (Wildman–Crippen LogP) is 4.76. The average Bonchev–Trinajstić information content (AvgIpc) is 3.03. The molecule has 1 saturated heterocycles. The van der Waals surface area contributed by atoms with Gasteiger partial charge in [-0.25, -0.2) is 4.98 Å². The molecule has 2 aromatic rings. The maximum Gasteiger partial charge on any atom is 0.305 e. The Kier molecular flexibility index (Phi) is 6.04. The summed E-state index contributed by atoms with van der Waals surface area (Å²) in [6, 6.07) is 5.79. The second-order valence-electron chi connectivity index (χ2n) is 5.93. The maximum absolute atomic E-state index is 10.6. The fraction of sp³-hybridized carbons (Fsp3) is 0.412. The molecule has 0 amide bonds. The Morgan fingerprint density at radius 3 is 3.00 bits per heavy atom. The lowest BCUT2D eigenvalue weighted by Gasteiger charge is -2.26. The predicted molar refractivity (Wildman–Crippen MR) is 103 cm³/mol. The number of aromatic nitrogens is 1. The van der Waals surface area contributed by atoms with Crippen LogP contribution in [0.5, 0.6) is 0 Å². The first kappa shape index (κ1) is 18.7. The molecule has 1 aromatic carbocycles. The molecule has 0 bridgehead atoms. The average molecular weight is 448 g/mol. The Hall–Kier alpha value is -1.08. The van der Waals surface area contributed by atoms with E-state index in [0.29, 0.717) is 22.2 Å². The maximum atomic E-state index is 10.6. The first-order valence-electron chi connectivity index (χ1n) is 7.98. The zero-order valence-electron chi connectivity index (χ0n) is 13.3. The summed E-state index contributed by atoms with van der Waals surface area (Å²) in [5, 5.41) is 10.5. The summed E-state index contributed by atoms with van der Waals surface area (Å²) >= 11 is 16.0. The van der Waals surface area contributed by atoms with Crippen molar-refractivity contribution in [1.29, 1.82) is 0 Å². The first-order valence-corrected chi connectivity index (χ1v) is 9.52. The van der Waals surface area contributed by atoms with E-state index in [1.165, 1.54) is 0 Å². The van der Waals surface area contributed by atoms with Crippen LogP contribution in [0.2, 0.25) is 10.0 Å². The van der Waals surface area contributed by atoms with Crippen LogP contribution in [0.3, 0.4) is 0 Å². The number of anilines is 1. The molecule has 1 N–H and O–H groups in total. The van der Waals surface area contributed by atoms with Crippen molar-refractivity contribution in [2.75, 3.05) is 24.7 Å². The van der Waals surface area contributed by atoms with Gasteiger partial charge >= 0.3 is 5.97 Å². The Labute approximate surface area is 164 Å². The number of carboxylic acid groups (broad SMARTS) is 1. The van der Waals surface area contributed by atoms with Crippen LogP contribution in [0.25, 0.3) is 10.9 Å². The van der Waals surface area contributed by atoms with Crippen LogP contribution in [0.1, 0.15) is 19.3 Å². The summed E-state index contributed by atoms with van der Waals surface area (Å²) in [6.45, 7) is 1.57. The second kappa shape index (κ2) is 8.08. The number of benzene rings is 1. The van der Waals surface area contributed by atoms with Crippen LogP contribution in [-0.2, 0) is 9.53 Å². The van der Waals surface area contributed by atoms with Crippen LogP contribution in [-0.4, -0.2) is 41.9 Å². The van der Waals surface area contributed by atoms with Gasteiger partial charge in [0, 0.05) is 16.4 Å². The molecule has 0 aliphatic carbocycles. The second-order valence-corrected chi connectivity index (χ2v) is 7.57.